The number of ether oxygens (including phenoxy) is 1. The van der Waals surface area contributed by atoms with Crippen molar-refractivity contribution >= 4 is 17.6 Å². The van der Waals surface area contributed by atoms with E-state index in [1.807, 2.05) is 12.1 Å². The van der Waals surface area contributed by atoms with Crippen LogP contribution in [0.15, 0.2) is 24.3 Å². The molecular weight excluding hydrogens is 320 g/mol. The van der Waals surface area contributed by atoms with Crippen molar-refractivity contribution in [1.29, 1.82) is 0 Å². The minimum atomic E-state index is -0.732. The third kappa shape index (κ3) is 4.06. The van der Waals surface area contributed by atoms with Gasteiger partial charge in [0.05, 0.1) is 11.6 Å². The number of aromatic hydroxyl groups is 1. The third-order valence-corrected chi connectivity index (χ3v) is 5.14. The normalized spacial score (nSPS) is 19.7. The molecule has 2 aliphatic rings. The lowest BCUT2D eigenvalue weighted by atomic mass is 10.1. The van der Waals surface area contributed by atoms with E-state index in [1.165, 1.54) is 0 Å². The van der Waals surface area contributed by atoms with Gasteiger partial charge in [0, 0.05) is 26.2 Å². The minimum absolute atomic E-state index is 0.0341. The molecule has 1 aromatic carbocycles. The number of esters is 1. The molecular formula is C19H26N2O4. The molecule has 0 aromatic heterocycles. The summed E-state index contributed by atoms with van der Waals surface area (Å²) < 4.78 is 5.40. The molecule has 0 spiro atoms. The summed E-state index contributed by atoms with van der Waals surface area (Å²) in [6.07, 6.45) is 3.15. The maximum absolute atomic E-state index is 12.5. The van der Waals surface area contributed by atoms with Crippen LogP contribution in [0, 0.1) is 5.92 Å². The Morgan fingerprint density at radius 3 is 2.40 bits per heavy atom. The molecule has 136 valence electrons. The van der Waals surface area contributed by atoms with Gasteiger partial charge in [0.1, 0.15) is 5.75 Å². The third-order valence-electron chi connectivity index (χ3n) is 5.14. The lowest BCUT2D eigenvalue weighted by Gasteiger charge is -2.37. The van der Waals surface area contributed by atoms with Gasteiger partial charge in [-0.3, -0.25) is 9.59 Å². The summed E-state index contributed by atoms with van der Waals surface area (Å²) in [4.78, 5) is 28.4. The molecule has 1 aliphatic carbocycles. The Labute approximate surface area is 148 Å². The second kappa shape index (κ2) is 7.76. The highest BCUT2D eigenvalue weighted by Crippen LogP contribution is 2.28. The summed E-state index contributed by atoms with van der Waals surface area (Å²) in [6.45, 7) is 4.06. The van der Waals surface area contributed by atoms with E-state index in [1.54, 1.807) is 24.0 Å². The molecule has 1 heterocycles. The standard InChI is InChI=1S/C19H26N2O4/c1-14(25-19(24)15-6-2-3-7-15)18(23)21-12-10-20(11-13-21)16-8-4-5-9-17(16)22/h4-5,8-9,14-15,22H,2-3,6-7,10-13H2,1H3/t14-/m1/s1. The maximum atomic E-state index is 12.5. The number of phenolic OH excluding ortho intramolecular Hbond substituents is 1. The zero-order chi connectivity index (χ0) is 17.8. The number of phenols is 1. The zero-order valence-electron chi connectivity index (χ0n) is 14.7. The van der Waals surface area contributed by atoms with Crippen LogP contribution < -0.4 is 4.90 Å². The summed E-state index contributed by atoms with van der Waals surface area (Å²) in [6, 6.07) is 7.21. The van der Waals surface area contributed by atoms with E-state index in [0.29, 0.717) is 26.2 Å². The van der Waals surface area contributed by atoms with Crippen molar-refractivity contribution < 1.29 is 19.4 Å². The first-order valence-corrected chi connectivity index (χ1v) is 9.08. The van der Waals surface area contributed by atoms with E-state index in [0.717, 1.165) is 31.4 Å². The van der Waals surface area contributed by atoms with E-state index < -0.39 is 6.10 Å². The lowest BCUT2D eigenvalue weighted by Crippen LogP contribution is -2.51. The van der Waals surface area contributed by atoms with Crippen molar-refractivity contribution in [2.45, 2.75) is 38.7 Å². The summed E-state index contributed by atoms with van der Waals surface area (Å²) in [5.74, 6) is -0.149. The van der Waals surface area contributed by atoms with Gasteiger partial charge in [-0.1, -0.05) is 25.0 Å². The van der Waals surface area contributed by atoms with E-state index in [4.69, 9.17) is 4.74 Å². The van der Waals surface area contributed by atoms with Crippen molar-refractivity contribution in [3.63, 3.8) is 0 Å². The van der Waals surface area contributed by atoms with Gasteiger partial charge in [-0.25, -0.2) is 0 Å². The summed E-state index contributed by atoms with van der Waals surface area (Å²) in [7, 11) is 0. The first-order chi connectivity index (χ1) is 12.1. The van der Waals surface area contributed by atoms with E-state index in [-0.39, 0.29) is 23.5 Å². The second-order valence-electron chi connectivity index (χ2n) is 6.86. The smallest absolute Gasteiger partial charge is 0.309 e. The number of anilines is 1. The van der Waals surface area contributed by atoms with Gasteiger partial charge in [0.2, 0.25) is 0 Å². The van der Waals surface area contributed by atoms with Gasteiger partial charge in [-0.15, -0.1) is 0 Å². The van der Waals surface area contributed by atoms with Crippen molar-refractivity contribution in [1.82, 2.24) is 4.90 Å². The van der Waals surface area contributed by atoms with Gasteiger partial charge < -0.3 is 19.6 Å². The molecule has 0 bridgehead atoms. The molecule has 1 amide bonds. The highest BCUT2D eigenvalue weighted by atomic mass is 16.5. The first-order valence-electron chi connectivity index (χ1n) is 9.08. The van der Waals surface area contributed by atoms with Crippen LogP contribution in [0.3, 0.4) is 0 Å². The highest BCUT2D eigenvalue weighted by Gasteiger charge is 2.31. The van der Waals surface area contributed by atoms with Gasteiger partial charge in [0.15, 0.2) is 6.10 Å². The molecule has 0 unspecified atom stereocenters. The van der Waals surface area contributed by atoms with Crippen LogP contribution in [0.5, 0.6) is 5.75 Å². The Balaban J connectivity index is 1.51. The molecule has 6 heteroatoms. The van der Waals surface area contributed by atoms with Crippen molar-refractivity contribution in [3.05, 3.63) is 24.3 Å². The monoisotopic (exact) mass is 346 g/mol. The topological polar surface area (TPSA) is 70.1 Å². The Morgan fingerprint density at radius 1 is 1.12 bits per heavy atom. The summed E-state index contributed by atoms with van der Waals surface area (Å²) in [5, 5.41) is 9.95. The van der Waals surface area contributed by atoms with Crippen LogP contribution in [-0.2, 0) is 14.3 Å². The molecule has 2 fully saturated rings. The van der Waals surface area contributed by atoms with Gasteiger partial charge >= 0.3 is 5.97 Å². The number of hydrogen-bond donors (Lipinski definition) is 1. The van der Waals surface area contributed by atoms with Gasteiger partial charge in [0.25, 0.3) is 5.91 Å². The molecule has 1 N–H and O–H groups in total. The van der Waals surface area contributed by atoms with Crippen molar-refractivity contribution in [2.75, 3.05) is 31.1 Å². The van der Waals surface area contributed by atoms with Crippen molar-refractivity contribution in [2.24, 2.45) is 5.92 Å². The Bertz CT molecular complexity index is 620. The predicted molar refractivity (Wildman–Crippen MR) is 94.4 cm³/mol. The number of benzene rings is 1. The molecule has 1 atom stereocenters. The predicted octanol–water partition coefficient (Wildman–Crippen LogP) is 2.16. The molecule has 1 saturated carbocycles. The SMILES string of the molecule is C[C@@H](OC(=O)C1CCCC1)C(=O)N1CCN(c2ccccc2O)CC1. The number of piperazine rings is 1. The first kappa shape index (κ1) is 17.6. The number of carbonyl (C=O) groups excluding carboxylic acids is 2. The lowest BCUT2D eigenvalue weighted by molar-refractivity contribution is -0.162. The Kier molecular flexibility index (Phi) is 5.46. The highest BCUT2D eigenvalue weighted by molar-refractivity contribution is 5.84. The second-order valence-corrected chi connectivity index (χ2v) is 6.86. The molecule has 25 heavy (non-hydrogen) atoms. The average Bonchev–Trinajstić information content (AvgIpc) is 3.16. The van der Waals surface area contributed by atoms with Crippen LogP contribution in [0.25, 0.3) is 0 Å². The molecule has 3 rings (SSSR count). The Morgan fingerprint density at radius 2 is 1.76 bits per heavy atom. The molecule has 0 radical (unpaired) electrons. The van der Waals surface area contributed by atoms with E-state index >= 15 is 0 Å². The number of para-hydroxylation sites is 2. The number of amides is 1. The fourth-order valence-corrected chi connectivity index (χ4v) is 3.64. The number of hydrogen-bond acceptors (Lipinski definition) is 5. The molecule has 1 aromatic rings. The maximum Gasteiger partial charge on any atom is 0.309 e. The molecule has 6 nitrogen and oxygen atoms in total. The van der Waals surface area contributed by atoms with Crippen molar-refractivity contribution in [3.8, 4) is 5.75 Å². The van der Waals surface area contributed by atoms with Crippen LogP contribution in [0.1, 0.15) is 32.6 Å². The number of carbonyl (C=O) groups is 2. The van der Waals surface area contributed by atoms with Crippen LogP contribution in [0.2, 0.25) is 0 Å². The zero-order valence-corrected chi connectivity index (χ0v) is 14.7. The largest absolute Gasteiger partial charge is 0.506 e. The van der Waals surface area contributed by atoms with Gasteiger partial charge in [-0.05, 0) is 31.9 Å². The summed E-state index contributed by atoms with van der Waals surface area (Å²) in [5.41, 5.74) is 0.787. The fraction of sp³-hybridized carbons (Fsp3) is 0.579. The van der Waals surface area contributed by atoms with Crippen LogP contribution in [0.4, 0.5) is 5.69 Å². The van der Waals surface area contributed by atoms with E-state index in [9.17, 15) is 14.7 Å². The van der Waals surface area contributed by atoms with E-state index in [2.05, 4.69) is 4.90 Å². The van der Waals surface area contributed by atoms with Crippen LogP contribution in [-0.4, -0.2) is 54.2 Å². The molecule has 1 saturated heterocycles. The Hall–Kier alpha value is -2.24. The number of rotatable bonds is 4. The average molecular weight is 346 g/mol. The fourth-order valence-electron chi connectivity index (χ4n) is 3.64. The van der Waals surface area contributed by atoms with Crippen LogP contribution >= 0.6 is 0 Å². The summed E-state index contributed by atoms with van der Waals surface area (Å²) >= 11 is 0. The van der Waals surface area contributed by atoms with Gasteiger partial charge in [-0.2, -0.15) is 0 Å². The number of nitrogens with zero attached hydrogens (tertiary/aromatic N) is 2. The quantitative estimate of drug-likeness (QED) is 0.846. The molecule has 1 aliphatic heterocycles. The minimum Gasteiger partial charge on any atom is -0.506 e.